The van der Waals surface area contributed by atoms with Crippen LogP contribution in [0.1, 0.15) is 36.5 Å². The number of amides is 1. The zero-order chi connectivity index (χ0) is 19.9. The van der Waals surface area contributed by atoms with Gasteiger partial charge in [-0.15, -0.1) is 0 Å². The first kappa shape index (κ1) is 20.1. The summed E-state index contributed by atoms with van der Waals surface area (Å²) in [6, 6.07) is 7.95. The summed E-state index contributed by atoms with van der Waals surface area (Å²) in [5.74, 6) is 1.90. The van der Waals surface area contributed by atoms with Gasteiger partial charge in [-0.05, 0) is 50.5 Å². The van der Waals surface area contributed by atoms with E-state index in [4.69, 9.17) is 14.5 Å². The molecule has 0 radical (unpaired) electrons. The molecule has 1 aromatic heterocycles. The summed E-state index contributed by atoms with van der Waals surface area (Å²) in [5.41, 5.74) is 1.39. The lowest BCUT2D eigenvalue weighted by atomic mass is 10.0. The molecule has 0 bridgehead atoms. The monoisotopic (exact) mass is 384 g/mol. The summed E-state index contributed by atoms with van der Waals surface area (Å²) < 4.78 is 10.2. The third-order valence-corrected chi connectivity index (χ3v) is 5.03. The van der Waals surface area contributed by atoms with E-state index >= 15 is 0 Å². The molecule has 7 nitrogen and oxygen atoms in total. The predicted octanol–water partition coefficient (Wildman–Crippen LogP) is 2.91. The maximum Gasteiger partial charge on any atom is 0.256 e. The van der Waals surface area contributed by atoms with Gasteiger partial charge in [-0.1, -0.05) is 0 Å². The smallest absolute Gasteiger partial charge is 0.256 e. The molecule has 0 saturated carbocycles. The van der Waals surface area contributed by atoms with Crippen LogP contribution in [0, 0.1) is 0 Å². The number of benzene rings is 1. The van der Waals surface area contributed by atoms with E-state index in [0.717, 1.165) is 30.7 Å². The molecule has 28 heavy (non-hydrogen) atoms. The lowest BCUT2D eigenvalue weighted by Crippen LogP contribution is -2.40. The van der Waals surface area contributed by atoms with Crippen LogP contribution in [-0.2, 0) is 4.74 Å². The molecule has 1 fully saturated rings. The van der Waals surface area contributed by atoms with Crippen molar-refractivity contribution < 1.29 is 14.3 Å². The predicted molar refractivity (Wildman–Crippen MR) is 109 cm³/mol. The lowest BCUT2D eigenvalue weighted by molar-refractivity contribution is 0.0936. The molecule has 1 amide bonds. The Balaban J connectivity index is 1.95. The SMILES string of the molecule is COCCNC(=O)c1cnc(-c2ccc(OC)cc2)nc1N1CCCCC1C. The third-order valence-electron chi connectivity index (χ3n) is 5.03. The summed E-state index contributed by atoms with van der Waals surface area (Å²) >= 11 is 0. The van der Waals surface area contributed by atoms with E-state index in [1.54, 1.807) is 20.4 Å². The van der Waals surface area contributed by atoms with E-state index in [2.05, 4.69) is 22.1 Å². The average molecular weight is 384 g/mol. The fourth-order valence-corrected chi connectivity index (χ4v) is 3.41. The molecule has 1 aromatic carbocycles. The highest BCUT2D eigenvalue weighted by molar-refractivity contribution is 5.99. The van der Waals surface area contributed by atoms with Gasteiger partial charge < -0.3 is 19.7 Å². The second-order valence-corrected chi connectivity index (χ2v) is 6.95. The third kappa shape index (κ3) is 4.59. The van der Waals surface area contributed by atoms with Gasteiger partial charge in [0.15, 0.2) is 5.82 Å². The minimum absolute atomic E-state index is 0.175. The van der Waals surface area contributed by atoms with Crippen molar-refractivity contribution in [1.29, 1.82) is 0 Å². The van der Waals surface area contributed by atoms with E-state index < -0.39 is 0 Å². The number of hydrogen-bond donors (Lipinski definition) is 1. The van der Waals surface area contributed by atoms with Crippen molar-refractivity contribution in [1.82, 2.24) is 15.3 Å². The number of hydrogen-bond acceptors (Lipinski definition) is 6. The van der Waals surface area contributed by atoms with Crippen molar-refractivity contribution in [2.45, 2.75) is 32.2 Å². The van der Waals surface area contributed by atoms with E-state index in [1.165, 1.54) is 6.42 Å². The first-order chi connectivity index (χ1) is 13.6. The standard InChI is InChI=1S/C21H28N4O3/c1-15-6-4-5-12-25(15)20-18(21(26)22-11-13-27-2)14-23-19(24-20)16-7-9-17(28-3)10-8-16/h7-10,14-15H,4-6,11-13H2,1-3H3,(H,22,26). The number of nitrogens with zero attached hydrogens (tertiary/aromatic N) is 3. The number of carbonyl (C=O) groups excluding carboxylic acids is 1. The average Bonchev–Trinajstić information content (AvgIpc) is 2.74. The van der Waals surface area contributed by atoms with Crippen LogP contribution in [0.25, 0.3) is 11.4 Å². The van der Waals surface area contributed by atoms with Gasteiger partial charge in [0, 0.05) is 38.0 Å². The summed E-state index contributed by atoms with van der Waals surface area (Å²) in [4.78, 5) is 24.2. The Labute approximate surface area is 166 Å². The molecule has 2 heterocycles. The van der Waals surface area contributed by atoms with Crippen LogP contribution in [0.15, 0.2) is 30.5 Å². The van der Waals surface area contributed by atoms with Crippen LogP contribution < -0.4 is 15.0 Å². The van der Waals surface area contributed by atoms with Crippen LogP contribution in [0.2, 0.25) is 0 Å². The molecule has 150 valence electrons. The number of aromatic nitrogens is 2. The van der Waals surface area contributed by atoms with Gasteiger partial charge in [-0.25, -0.2) is 9.97 Å². The van der Waals surface area contributed by atoms with Crippen LogP contribution >= 0.6 is 0 Å². The fraction of sp³-hybridized carbons (Fsp3) is 0.476. The Morgan fingerprint density at radius 2 is 2.04 bits per heavy atom. The highest BCUT2D eigenvalue weighted by Crippen LogP contribution is 2.28. The van der Waals surface area contributed by atoms with Crippen molar-refractivity contribution in [2.75, 3.05) is 38.8 Å². The van der Waals surface area contributed by atoms with Gasteiger partial charge in [0.25, 0.3) is 5.91 Å². The molecule has 0 spiro atoms. The number of piperidine rings is 1. The molecular formula is C21H28N4O3. The van der Waals surface area contributed by atoms with Crippen molar-refractivity contribution >= 4 is 11.7 Å². The molecular weight excluding hydrogens is 356 g/mol. The maximum atomic E-state index is 12.7. The van der Waals surface area contributed by atoms with Gasteiger partial charge in [-0.3, -0.25) is 4.79 Å². The first-order valence-corrected chi connectivity index (χ1v) is 9.69. The maximum absolute atomic E-state index is 12.7. The van der Waals surface area contributed by atoms with Crippen molar-refractivity contribution in [3.63, 3.8) is 0 Å². The normalized spacial score (nSPS) is 16.7. The van der Waals surface area contributed by atoms with E-state index in [1.807, 2.05) is 24.3 Å². The second kappa shape index (κ2) is 9.50. The Bertz CT molecular complexity index is 795. The second-order valence-electron chi connectivity index (χ2n) is 6.95. The Hall–Kier alpha value is -2.67. The van der Waals surface area contributed by atoms with Gasteiger partial charge in [0.1, 0.15) is 17.1 Å². The highest BCUT2D eigenvalue weighted by atomic mass is 16.5. The quantitative estimate of drug-likeness (QED) is 0.740. The van der Waals surface area contributed by atoms with Crippen LogP contribution in [-0.4, -0.2) is 55.8 Å². The summed E-state index contributed by atoms with van der Waals surface area (Å²) in [5, 5.41) is 2.88. The lowest BCUT2D eigenvalue weighted by Gasteiger charge is -2.35. The largest absolute Gasteiger partial charge is 0.497 e. The number of methoxy groups -OCH3 is 2. The number of nitrogens with one attached hydrogen (secondary N) is 1. The topological polar surface area (TPSA) is 76.6 Å². The summed E-state index contributed by atoms with van der Waals surface area (Å²) in [7, 11) is 3.25. The van der Waals surface area contributed by atoms with Crippen LogP contribution in [0.5, 0.6) is 5.75 Å². The van der Waals surface area contributed by atoms with Gasteiger partial charge in [0.05, 0.1) is 13.7 Å². The number of carbonyl (C=O) groups is 1. The summed E-state index contributed by atoms with van der Waals surface area (Å²) in [6.45, 7) is 3.98. The zero-order valence-corrected chi connectivity index (χ0v) is 16.8. The zero-order valence-electron chi connectivity index (χ0n) is 16.8. The minimum atomic E-state index is -0.175. The first-order valence-electron chi connectivity index (χ1n) is 9.69. The fourth-order valence-electron chi connectivity index (χ4n) is 3.41. The minimum Gasteiger partial charge on any atom is -0.497 e. The Morgan fingerprint density at radius 3 is 2.71 bits per heavy atom. The van der Waals surface area contributed by atoms with Crippen molar-refractivity contribution in [3.8, 4) is 17.1 Å². The van der Waals surface area contributed by atoms with Crippen LogP contribution in [0.4, 0.5) is 5.82 Å². The molecule has 1 aliphatic heterocycles. The molecule has 1 saturated heterocycles. The van der Waals surface area contributed by atoms with Gasteiger partial charge in [0.2, 0.25) is 0 Å². The molecule has 1 unspecified atom stereocenters. The van der Waals surface area contributed by atoms with E-state index in [-0.39, 0.29) is 5.91 Å². The number of anilines is 1. The highest BCUT2D eigenvalue weighted by Gasteiger charge is 2.25. The molecule has 1 aliphatic rings. The number of rotatable bonds is 7. The number of ether oxygens (including phenoxy) is 2. The Kier molecular flexibility index (Phi) is 6.81. The van der Waals surface area contributed by atoms with Crippen molar-refractivity contribution in [2.24, 2.45) is 0 Å². The molecule has 2 aromatic rings. The molecule has 7 heteroatoms. The van der Waals surface area contributed by atoms with E-state index in [0.29, 0.717) is 36.4 Å². The van der Waals surface area contributed by atoms with Crippen molar-refractivity contribution in [3.05, 3.63) is 36.0 Å². The Morgan fingerprint density at radius 1 is 1.25 bits per heavy atom. The molecule has 1 atom stereocenters. The molecule has 0 aliphatic carbocycles. The molecule has 3 rings (SSSR count). The summed E-state index contributed by atoms with van der Waals surface area (Å²) in [6.07, 6.45) is 5.01. The molecule has 1 N–H and O–H groups in total. The van der Waals surface area contributed by atoms with E-state index in [9.17, 15) is 4.79 Å². The van der Waals surface area contributed by atoms with Crippen LogP contribution in [0.3, 0.4) is 0 Å². The van der Waals surface area contributed by atoms with Gasteiger partial charge in [-0.2, -0.15) is 0 Å². The van der Waals surface area contributed by atoms with Gasteiger partial charge >= 0.3 is 0 Å².